The van der Waals surface area contributed by atoms with Crippen molar-refractivity contribution < 1.29 is 10.3 Å². The zero-order chi connectivity index (χ0) is 3.58. The van der Waals surface area contributed by atoms with Crippen LogP contribution in [0.5, 0.6) is 0 Å². The van der Waals surface area contributed by atoms with Crippen LogP contribution < -0.4 is 0 Å². The maximum absolute atomic E-state index is 8.36. The van der Waals surface area contributed by atoms with E-state index in [1.54, 1.807) is 0 Å². The van der Waals surface area contributed by atoms with Crippen molar-refractivity contribution in [3.63, 3.8) is 0 Å². The predicted octanol–water partition coefficient (Wildman–Crippen LogP) is -1.53. The first-order valence-electron chi connectivity index (χ1n) is 0.565. The first kappa shape index (κ1) is 8.83. The molecule has 0 saturated carbocycles. The number of hydrogen-bond acceptors (Lipinski definition) is 2. The Kier molecular flexibility index (Phi) is 6.64. The summed E-state index contributed by atoms with van der Waals surface area (Å²) in [6, 6.07) is 0. The Labute approximate surface area is 39.2 Å². The SMILES string of the molecule is O=[N+]([O-])O.[AsH3]. The van der Waals surface area contributed by atoms with Gasteiger partial charge in [0.25, 0.3) is 5.09 Å². The van der Waals surface area contributed by atoms with Crippen molar-refractivity contribution in [2.24, 2.45) is 0 Å². The molecule has 0 saturated heterocycles. The van der Waals surface area contributed by atoms with E-state index in [0.717, 1.165) is 0 Å². The van der Waals surface area contributed by atoms with E-state index >= 15 is 0 Å². The molecule has 0 aliphatic carbocycles. The van der Waals surface area contributed by atoms with Crippen LogP contribution in [0.1, 0.15) is 0 Å². The minimum atomic E-state index is -1.50. The van der Waals surface area contributed by atoms with E-state index in [-0.39, 0.29) is 18.0 Å². The monoisotopic (exact) mass is 141 g/mol. The second-order valence-corrected chi connectivity index (χ2v) is 0.238. The first-order chi connectivity index (χ1) is 1.73. The van der Waals surface area contributed by atoms with Gasteiger partial charge in [0.2, 0.25) is 0 Å². The van der Waals surface area contributed by atoms with Gasteiger partial charge in [-0.1, -0.05) is 0 Å². The molecule has 1 atom stereocenters. The van der Waals surface area contributed by atoms with E-state index in [9.17, 15) is 0 Å². The molecule has 0 spiro atoms. The van der Waals surface area contributed by atoms with Gasteiger partial charge in [-0.2, -0.15) is 0 Å². The summed E-state index contributed by atoms with van der Waals surface area (Å²) in [7, 11) is 0. The fraction of sp³-hybridized carbons (Fsp3) is 0. The van der Waals surface area contributed by atoms with Crippen LogP contribution >= 0.6 is 0 Å². The summed E-state index contributed by atoms with van der Waals surface area (Å²) in [5.41, 5.74) is 0. The molecule has 0 rings (SSSR count). The fourth-order valence-electron chi connectivity index (χ4n) is 0. The summed E-state index contributed by atoms with van der Waals surface area (Å²) in [4.78, 5) is 8.36. The third-order valence-electron chi connectivity index (χ3n) is 0. The average molecular weight is 141 g/mol. The van der Waals surface area contributed by atoms with Crippen molar-refractivity contribution >= 4 is 18.0 Å². The van der Waals surface area contributed by atoms with Crippen molar-refractivity contribution in [2.45, 2.75) is 0 Å². The Balaban J connectivity index is 0. The molecule has 0 aliphatic rings. The Hall–Kier alpha value is -0.242. The van der Waals surface area contributed by atoms with Gasteiger partial charge in [-0.15, -0.1) is 10.1 Å². The molecule has 0 amide bonds. The Morgan fingerprint density at radius 1 is 1.80 bits per heavy atom. The first-order valence-corrected chi connectivity index (χ1v) is 0.565. The van der Waals surface area contributed by atoms with Crippen LogP contribution in [0.15, 0.2) is 0 Å². The molecule has 1 unspecified atom stereocenters. The van der Waals surface area contributed by atoms with E-state index in [1.807, 2.05) is 0 Å². The van der Waals surface area contributed by atoms with Gasteiger partial charge in [0.05, 0.1) is 0 Å². The Bertz CT molecular complexity index is 29.9. The van der Waals surface area contributed by atoms with Crippen molar-refractivity contribution in [3.05, 3.63) is 10.1 Å². The van der Waals surface area contributed by atoms with E-state index < -0.39 is 5.09 Å². The van der Waals surface area contributed by atoms with Crippen LogP contribution in [0.2, 0.25) is 0 Å². The zero-order valence-electron chi connectivity index (χ0n) is 2.42. The number of rotatable bonds is 0. The van der Waals surface area contributed by atoms with Gasteiger partial charge in [-0.25, -0.2) is 0 Å². The summed E-state index contributed by atoms with van der Waals surface area (Å²) < 4.78 is 0. The molecule has 0 radical (unpaired) electrons. The quantitative estimate of drug-likeness (QED) is 0.253. The van der Waals surface area contributed by atoms with Gasteiger partial charge in [0.1, 0.15) is 0 Å². The summed E-state index contributed by atoms with van der Waals surface area (Å²) in [5, 5.41) is 13.6. The summed E-state index contributed by atoms with van der Waals surface area (Å²) in [5.74, 6) is 0. The van der Waals surface area contributed by atoms with Gasteiger partial charge in [0.15, 0.2) is 0 Å². The third-order valence-corrected chi connectivity index (χ3v) is 0. The molecule has 5 heteroatoms. The van der Waals surface area contributed by atoms with Gasteiger partial charge in [-0.05, 0) is 0 Å². The molecule has 0 fully saturated rings. The van der Waals surface area contributed by atoms with Crippen LogP contribution in [-0.4, -0.2) is 28.2 Å². The van der Waals surface area contributed by atoms with Gasteiger partial charge in [0, 0.05) is 0 Å². The van der Waals surface area contributed by atoms with E-state index in [2.05, 4.69) is 0 Å². The van der Waals surface area contributed by atoms with Crippen LogP contribution in [0.4, 0.5) is 0 Å². The maximum atomic E-state index is 8.36. The molecule has 0 heterocycles. The van der Waals surface area contributed by atoms with E-state index in [1.165, 1.54) is 0 Å². The number of nitrogens with zero attached hydrogens (tertiary/aromatic N) is 1. The van der Waals surface area contributed by atoms with Crippen molar-refractivity contribution in [2.75, 3.05) is 0 Å². The van der Waals surface area contributed by atoms with Crippen LogP contribution in [0, 0.1) is 10.1 Å². The Morgan fingerprint density at radius 3 is 1.80 bits per heavy atom. The van der Waals surface area contributed by atoms with Crippen LogP contribution in [0.3, 0.4) is 0 Å². The molecule has 32 valence electrons. The molecular weight excluding hydrogens is 137 g/mol. The number of hydrogen-bond donors (Lipinski definition) is 1. The molecule has 5 heavy (non-hydrogen) atoms. The topological polar surface area (TPSA) is 63.4 Å². The van der Waals surface area contributed by atoms with Gasteiger partial charge in [-0.3, -0.25) is 0 Å². The van der Waals surface area contributed by atoms with Crippen molar-refractivity contribution in [1.82, 2.24) is 0 Å². The normalized spacial score (nSPS) is 4.80. The molecule has 0 bridgehead atoms. The summed E-state index contributed by atoms with van der Waals surface area (Å²) >= 11 is 0. The second-order valence-electron chi connectivity index (χ2n) is 0.238. The zero-order valence-corrected chi connectivity index (χ0v) is 5.39. The molecule has 4 nitrogen and oxygen atoms in total. The molecule has 0 aromatic rings. The average Bonchev–Trinajstić information content (AvgIpc) is 0.811. The molecule has 0 aromatic heterocycles. The standard InChI is InChI=1S/AsH3.HNO3/c;2-1(3)4/h1H3;(H,2,3,4). The summed E-state index contributed by atoms with van der Waals surface area (Å²) in [6.07, 6.45) is 0. The fourth-order valence-corrected chi connectivity index (χ4v) is 0. The molecule has 0 aromatic carbocycles. The van der Waals surface area contributed by atoms with Gasteiger partial charge < -0.3 is 5.21 Å². The molecule has 1 N–H and O–H groups in total. The third kappa shape index (κ3) is 199. The van der Waals surface area contributed by atoms with Crippen molar-refractivity contribution in [3.8, 4) is 0 Å². The van der Waals surface area contributed by atoms with Gasteiger partial charge >= 0.3 is 18.0 Å². The van der Waals surface area contributed by atoms with E-state index in [4.69, 9.17) is 15.3 Å². The summed E-state index contributed by atoms with van der Waals surface area (Å²) in [6.45, 7) is 0. The Morgan fingerprint density at radius 2 is 1.80 bits per heavy atom. The molecule has 0 aliphatic heterocycles. The van der Waals surface area contributed by atoms with Crippen LogP contribution in [-0.2, 0) is 0 Å². The van der Waals surface area contributed by atoms with Crippen LogP contribution in [0.25, 0.3) is 0 Å². The van der Waals surface area contributed by atoms with Crippen molar-refractivity contribution in [1.29, 1.82) is 0 Å². The predicted molar refractivity (Wildman–Crippen MR) is 18.7 cm³/mol. The molecular formula is H4AsNO3. The van der Waals surface area contributed by atoms with E-state index in [0.29, 0.717) is 0 Å². The second kappa shape index (κ2) is 3.76. The minimum absolute atomic E-state index is 0.